The normalized spacial score (nSPS) is 12.5. The summed E-state index contributed by atoms with van der Waals surface area (Å²) in [6.07, 6.45) is 2.90. The highest BCUT2D eigenvalue weighted by molar-refractivity contribution is 9.10. The van der Waals surface area contributed by atoms with Crippen molar-refractivity contribution in [3.8, 4) is 0 Å². The molecule has 100 valence electrons. The highest BCUT2D eigenvalue weighted by atomic mass is 79.9. The van der Waals surface area contributed by atoms with Crippen LogP contribution in [0.1, 0.15) is 37.0 Å². The Bertz CT molecular complexity index is 394. The number of carbonyl (C=O) groups is 1. The van der Waals surface area contributed by atoms with E-state index in [0.717, 1.165) is 12.8 Å². The minimum absolute atomic E-state index is 0.192. The zero-order valence-corrected chi connectivity index (χ0v) is 12.3. The fourth-order valence-corrected chi connectivity index (χ4v) is 2.21. The predicted octanol–water partition coefficient (Wildman–Crippen LogP) is 2.37. The number of hydrogen-bond acceptors (Lipinski definition) is 3. The van der Waals surface area contributed by atoms with Crippen molar-refractivity contribution in [3.63, 3.8) is 0 Å². The van der Waals surface area contributed by atoms with Gasteiger partial charge in [-0.2, -0.15) is 0 Å². The minimum atomic E-state index is -0.491. The molecule has 0 spiro atoms. The van der Waals surface area contributed by atoms with Crippen LogP contribution < -0.4 is 5.32 Å². The zero-order chi connectivity index (χ0) is 13.5. The van der Waals surface area contributed by atoms with Crippen LogP contribution in [-0.2, 0) is 0 Å². The van der Waals surface area contributed by atoms with Crippen molar-refractivity contribution in [2.45, 2.75) is 32.8 Å². The maximum absolute atomic E-state index is 11.8. The standard InChI is InChI=1S/C13H19BrN2O2/c1-3-9(4-2)11(17)8-16-13(18)10-5-6-15-12(14)7-10/h5-7,9,11,17H,3-4,8H2,1-2H3,(H,16,18). The van der Waals surface area contributed by atoms with E-state index in [1.54, 1.807) is 18.3 Å². The SMILES string of the molecule is CCC(CC)C(O)CNC(=O)c1ccnc(Br)c1. The molecule has 0 fully saturated rings. The van der Waals surface area contributed by atoms with Gasteiger partial charge in [-0.25, -0.2) is 4.98 Å². The third-order valence-corrected chi connectivity index (χ3v) is 3.49. The number of carbonyl (C=O) groups excluding carboxylic acids is 1. The number of aliphatic hydroxyl groups excluding tert-OH is 1. The van der Waals surface area contributed by atoms with Gasteiger partial charge in [-0.3, -0.25) is 4.79 Å². The summed E-state index contributed by atoms with van der Waals surface area (Å²) in [5, 5.41) is 12.7. The van der Waals surface area contributed by atoms with Crippen molar-refractivity contribution in [1.82, 2.24) is 10.3 Å². The first-order valence-corrected chi connectivity index (χ1v) is 6.95. The van der Waals surface area contributed by atoms with Gasteiger partial charge < -0.3 is 10.4 Å². The average molecular weight is 315 g/mol. The van der Waals surface area contributed by atoms with E-state index >= 15 is 0 Å². The molecule has 0 aromatic carbocycles. The number of aromatic nitrogens is 1. The molecule has 0 radical (unpaired) electrons. The molecule has 2 N–H and O–H groups in total. The van der Waals surface area contributed by atoms with Crippen LogP contribution in [0.4, 0.5) is 0 Å². The van der Waals surface area contributed by atoms with Gasteiger partial charge in [0.15, 0.2) is 0 Å². The molecule has 1 unspecified atom stereocenters. The summed E-state index contributed by atoms with van der Waals surface area (Å²) in [6, 6.07) is 3.29. The third-order valence-electron chi connectivity index (χ3n) is 3.05. The Morgan fingerprint density at radius 3 is 2.72 bits per heavy atom. The van der Waals surface area contributed by atoms with Crippen LogP contribution >= 0.6 is 15.9 Å². The second-order valence-electron chi connectivity index (χ2n) is 4.22. The summed E-state index contributed by atoms with van der Waals surface area (Å²) in [5.74, 6) is 0.0394. The summed E-state index contributed by atoms with van der Waals surface area (Å²) in [6.45, 7) is 4.36. The maximum Gasteiger partial charge on any atom is 0.251 e. The van der Waals surface area contributed by atoms with Crippen LogP contribution in [0, 0.1) is 5.92 Å². The predicted molar refractivity (Wildman–Crippen MR) is 74.3 cm³/mol. The molecule has 4 nitrogen and oxygen atoms in total. The highest BCUT2D eigenvalue weighted by Gasteiger charge is 2.16. The Morgan fingerprint density at radius 2 is 2.17 bits per heavy atom. The quantitative estimate of drug-likeness (QED) is 0.792. The molecule has 18 heavy (non-hydrogen) atoms. The van der Waals surface area contributed by atoms with Gasteiger partial charge in [0.25, 0.3) is 5.91 Å². The van der Waals surface area contributed by atoms with E-state index in [1.807, 2.05) is 13.8 Å². The van der Waals surface area contributed by atoms with Crippen molar-refractivity contribution in [1.29, 1.82) is 0 Å². The number of aliphatic hydroxyl groups is 1. The molecular formula is C13H19BrN2O2. The Morgan fingerprint density at radius 1 is 1.50 bits per heavy atom. The second-order valence-corrected chi connectivity index (χ2v) is 5.03. The summed E-state index contributed by atoms with van der Waals surface area (Å²) < 4.78 is 0.621. The lowest BCUT2D eigenvalue weighted by Gasteiger charge is -2.20. The van der Waals surface area contributed by atoms with Crippen molar-refractivity contribution in [2.24, 2.45) is 5.92 Å². The van der Waals surface area contributed by atoms with E-state index < -0.39 is 6.10 Å². The summed E-state index contributed by atoms with van der Waals surface area (Å²) in [5.41, 5.74) is 0.536. The Balaban J connectivity index is 2.51. The summed E-state index contributed by atoms with van der Waals surface area (Å²) in [4.78, 5) is 15.8. The van der Waals surface area contributed by atoms with Gasteiger partial charge in [0.05, 0.1) is 6.10 Å². The van der Waals surface area contributed by atoms with Gasteiger partial charge >= 0.3 is 0 Å². The van der Waals surface area contributed by atoms with Gasteiger partial charge in [0.1, 0.15) is 4.60 Å². The molecule has 0 aliphatic heterocycles. The monoisotopic (exact) mass is 314 g/mol. The van der Waals surface area contributed by atoms with Gasteiger partial charge in [-0.05, 0) is 34.0 Å². The van der Waals surface area contributed by atoms with E-state index in [2.05, 4.69) is 26.2 Å². The smallest absolute Gasteiger partial charge is 0.251 e. The fraction of sp³-hybridized carbons (Fsp3) is 0.538. The average Bonchev–Trinajstić information content (AvgIpc) is 2.37. The van der Waals surface area contributed by atoms with E-state index in [-0.39, 0.29) is 18.4 Å². The first-order valence-electron chi connectivity index (χ1n) is 6.16. The van der Waals surface area contributed by atoms with Gasteiger partial charge in [0, 0.05) is 18.3 Å². The molecule has 1 heterocycles. The van der Waals surface area contributed by atoms with Gasteiger partial charge in [0.2, 0.25) is 0 Å². The molecule has 0 aliphatic rings. The van der Waals surface area contributed by atoms with Crippen LogP contribution in [0.15, 0.2) is 22.9 Å². The first-order chi connectivity index (χ1) is 8.58. The lowest BCUT2D eigenvalue weighted by atomic mass is 9.96. The van der Waals surface area contributed by atoms with Crippen LogP contribution in [-0.4, -0.2) is 28.6 Å². The molecule has 1 aromatic heterocycles. The molecule has 0 bridgehead atoms. The molecule has 1 rings (SSSR count). The van der Waals surface area contributed by atoms with E-state index in [9.17, 15) is 9.90 Å². The van der Waals surface area contributed by atoms with E-state index in [0.29, 0.717) is 10.2 Å². The van der Waals surface area contributed by atoms with Crippen molar-refractivity contribution in [2.75, 3.05) is 6.54 Å². The largest absolute Gasteiger partial charge is 0.391 e. The molecule has 1 aromatic rings. The van der Waals surface area contributed by atoms with Crippen LogP contribution in [0.3, 0.4) is 0 Å². The number of amides is 1. The Labute approximate surface area is 116 Å². The molecular weight excluding hydrogens is 296 g/mol. The fourth-order valence-electron chi connectivity index (χ4n) is 1.84. The van der Waals surface area contributed by atoms with E-state index in [1.165, 1.54) is 0 Å². The molecule has 1 amide bonds. The maximum atomic E-state index is 11.8. The topological polar surface area (TPSA) is 62.2 Å². The number of halogens is 1. The third kappa shape index (κ3) is 4.38. The van der Waals surface area contributed by atoms with Crippen LogP contribution in [0.25, 0.3) is 0 Å². The Kier molecular flexibility index (Phi) is 6.29. The first kappa shape index (κ1) is 15.1. The summed E-state index contributed by atoms with van der Waals surface area (Å²) >= 11 is 3.22. The number of nitrogens with zero attached hydrogens (tertiary/aromatic N) is 1. The molecule has 0 aliphatic carbocycles. The van der Waals surface area contributed by atoms with Crippen LogP contribution in [0.5, 0.6) is 0 Å². The number of nitrogens with one attached hydrogen (secondary N) is 1. The van der Waals surface area contributed by atoms with Crippen molar-refractivity contribution >= 4 is 21.8 Å². The van der Waals surface area contributed by atoms with Crippen molar-refractivity contribution in [3.05, 3.63) is 28.5 Å². The second kappa shape index (κ2) is 7.48. The highest BCUT2D eigenvalue weighted by Crippen LogP contribution is 2.12. The van der Waals surface area contributed by atoms with E-state index in [4.69, 9.17) is 0 Å². The van der Waals surface area contributed by atoms with Crippen LogP contribution in [0.2, 0.25) is 0 Å². The molecule has 0 saturated carbocycles. The Hall–Kier alpha value is -0.940. The lowest BCUT2D eigenvalue weighted by molar-refractivity contribution is 0.0816. The molecule has 1 atom stereocenters. The minimum Gasteiger partial charge on any atom is -0.391 e. The number of rotatable bonds is 6. The molecule has 0 saturated heterocycles. The van der Waals surface area contributed by atoms with Crippen molar-refractivity contribution < 1.29 is 9.90 Å². The number of hydrogen-bond donors (Lipinski definition) is 2. The number of pyridine rings is 1. The zero-order valence-electron chi connectivity index (χ0n) is 10.7. The van der Waals surface area contributed by atoms with Gasteiger partial charge in [-0.1, -0.05) is 26.7 Å². The lowest BCUT2D eigenvalue weighted by Crippen LogP contribution is -2.36. The van der Waals surface area contributed by atoms with Gasteiger partial charge in [-0.15, -0.1) is 0 Å². The molecule has 5 heteroatoms. The summed E-state index contributed by atoms with van der Waals surface area (Å²) in [7, 11) is 0.